The maximum absolute atomic E-state index is 12.4. The molecule has 0 saturated heterocycles. The summed E-state index contributed by atoms with van der Waals surface area (Å²) in [5, 5.41) is 8.45. The lowest BCUT2D eigenvalue weighted by molar-refractivity contribution is -0.129. The monoisotopic (exact) mass is 608 g/mol. The van der Waals surface area contributed by atoms with Crippen molar-refractivity contribution in [1.82, 2.24) is 16.0 Å². The Hall–Kier alpha value is -1.59. The van der Waals surface area contributed by atoms with Crippen molar-refractivity contribution in [1.29, 1.82) is 0 Å². The zero-order valence-corrected chi connectivity index (χ0v) is 29.0. The summed E-state index contributed by atoms with van der Waals surface area (Å²) < 4.78 is 0. The molecule has 0 radical (unpaired) electrons. The molecular weight excluding hydrogens is 534 g/mol. The largest absolute Gasteiger partial charge is 0.357 e. The fourth-order valence-corrected chi connectivity index (χ4v) is 5.76. The molecule has 0 bridgehead atoms. The van der Waals surface area contributed by atoms with Crippen molar-refractivity contribution in [3.8, 4) is 0 Å². The highest BCUT2D eigenvalue weighted by Gasteiger charge is 2.19. The van der Waals surface area contributed by atoms with Gasteiger partial charge < -0.3 is 16.0 Å². The average molecular weight is 608 g/mol. The molecule has 0 aromatic heterocycles. The Bertz CT molecular complexity index is 641. The third-order valence-corrected chi connectivity index (χ3v) is 8.67. The van der Waals surface area contributed by atoms with Gasteiger partial charge in [0, 0.05) is 26.4 Å². The minimum atomic E-state index is -0.601. The SMILES string of the molecule is CCCCCCCCCCCCCCCC(=O)NCCC(NC(=O)CCCCCCCCCCCCCCC)C(=O)NC. The third-order valence-electron chi connectivity index (χ3n) is 8.67. The summed E-state index contributed by atoms with van der Waals surface area (Å²) in [5.41, 5.74) is 0. The number of likely N-dealkylation sites (N-methyl/N-ethyl adjacent to an activating group) is 1. The summed E-state index contributed by atoms with van der Waals surface area (Å²) in [4.78, 5) is 37.0. The minimum absolute atomic E-state index is 0.0389. The van der Waals surface area contributed by atoms with Gasteiger partial charge in [-0.1, -0.05) is 168 Å². The maximum atomic E-state index is 12.4. The number of amides is 3. The number of carbonyl (C=O) groups excluding carboxylic acids is 3. The van der Waals surface area contributed by atoms with Crippen molar-refractivity contribution in [2.24, 2.45) is 0 Å². The minimum Gasteiger partial charge on any atom is -0.357 e. The molecule has 254 valence electrons. The molecule has 0 aliphatic rings. The van der Waals surface area contributed by atoms with Crippen LogP contribution in [-0.2, 0) is 14.4 Å². The van der Waals surface area contributed by atoms with E-state index in [2.05, 4.69) is 29.8 Å². The number of unbranched alkanes of at least 4 members (excludes halogenated alkanes) is 24. The number of nitrogens with one attached hydrogen (secondary N) is 3. The molecule has 3 amide bonds. The lowest BCUT2D eigenvalue weighted by Gasteiger charge is -2.17. The van der Waals surface area contributed by atoms with E-state index in [0.717, 1.165) is 25.7 Å². The van der Waals surface area contributed by atoms with E-state index in [-0.39, 0.29) is 17.7 Å². The molecule has 0 aromatic carbocycles. The van der Waals surface area contributed by atoms with Crippen LogP contribution in [-0.4, -0.2) is 37.4 Å². The standard InChI is InChI=1S/C37H73N3O3/c1-4-6-8-10-12-14-16-18-20-22-24-26-28-30-35(41)39-33-32-34(37(43)38-3)40-36(42)31-29-27-25-23-21-19-17-15-13-11-9-7-5-2/h34H,4-33H2,1-3H3,(H,38,43)(H,39,41)(H,40,42). The van der Waals surface area contributed by atoms with E-state index in [9.17, 15) is 14.4 Å². The molecule has 0 aliphatic carbocycles. The first-order valence-electron chi connectivity index (χ1n) is 18.8. The quantitative estimate of drug-likeness (QED) is 0.0649. The van der Waals surface area contributed by atoms with Crippen LogP contribution in [0.15, 0.2) is 0 Å². The van der Waals surface area contributed by atoms with Gasteiger partial charge in [0.1, 0.15) is 6.04 Å². The van der Waals surface area contributed by atoms with Crippen molar-refractivity contribution in [3.05, 3.63) is 0 Å². The molecule has 43 heavy (non-hydrogen) atoms. The van der Waals surface area contributed by atoms with E-state index in [1.165, 1.54) is 141 Å². The first-order valence-corrected chi connectivity index (χ1v) is 18.8. The van der Waals surface area contributed by atoms with Crippen LogP contribution in [0, 0.1) is 0 Å². The molecule has 1 unspecified atom stereocenters. The number of hydrogen-bond donors (Lipinski definition) is 3. The molecule has 0 aromatic rings. The van der Waals surface area contributed by atoms with Crippen LogP contribution >= 0.6 is 0 Å². The molecule has 1 atom stereocenters. The van der Waals surface area contributed by atoms with Crippen LogP contribution in [0.25, 0.3) is 0 Å². The maximum Gasteiger partial charge on any atom is 0.242 e. The highest BCUT2D eigenvalue weighted by molar-refractivity contribution is 5.87. The van der Waals surface area contributed by atoms with E-state index in [1.807, 2.05) is 0 Å². The first kappa shape index (κ1) is 41.4. The Morgan fingerprint density at radius 2 is 0.791 bits per heavy atom. The summed E-state index contributed by atoms with van der Waals surface area (Å²) in [6.07, 6.45) is 34.7. The molecule has 0 fully saturated rings. The predicted octanol–water partition coefficient (Wildman–Crippen LogP) is 9.69. The predicted molar refractivity (Wildman–Crippen MR) is 184 cm³/mol. The Morgan fingerprint density at radius 3 is 1.14 bits per heavy atom. The molecule has 6 heteroatoms. The summed E-state index contributed by atoms with van der Waals surface area (Å²) in [7, 11) is 1.58. The molecule has 3 N–H and O–H groups in total. The fourth-order valence-electron chi connectivity index (χ4n) is 5.76. The smallest absolute Gasteiger partial charge is 0.242 e. The van der Waals surface area contributed by atoms with Crippen LogP contribution in [0.1, 0.15) is 200 Å². The fraction of sp³-hybridized carbons (Fsp3) is 0.919. The van der Waals surface area contributed by atoms with Gasteiger partial charge in [-0.25, -0.2) is 0 Å². The Kier molecular flexibility index (Phi) is 32.1. The highest BCUT2D eigenvalue weighted by atomic mass is 16.2. The lowest BCUT2D eigenvalue weighted by atomic mass is 10.0. The Labute approximate surface area is 267 Å². The van der Waals surface area contributed by atoms with Crippen LogP contribution in [0.5, 0.6) is 0 Å². The molecular formula is C37H73N3O3. The zero-order chi connectivity index (χ0) is 31.6. The van der Waals surface area contributed by atoms with Gasteiger partial charge >= 0.3 is 0 Å². The van der Waals surface area contributed by atoms with Crippen molar-refractivity contribution < 1.29 is 14.4 Å². The van der Waals surface area contributed by atoms with Crippen LogP contribution < -0.4 is 16.0 Å². The van der Waals surface area contributed by atoms with Gasteiger partial charge in [-0.15, -0.1) is 0 Å². The first-order chi connectivity index (χ1) is 21.0. The van der Waals surface area contributed by atoms with Crippen LogP contribution in [0.3, 0.4) is 0 Å². The Balaban J connectivity index is 3.75. The van der Waals surface area contributed by atoms with Crippen molar-refractivity contribution in [2.45, 2.75) is 206 Å². The van der Waals surface area contributed by atoms with Crippen LogP contribution in [0.4, 0.5) is 0 Å². The second-order valence-electron chi connectivity index (χ2n) is 12.9. The van der Waals surface area contributed by atoms with Gasteiger partial charge in [0.15, 0.2) is 0 Å². The van der Waals surface area contributed by atoms with Gasteiger partial charge in [-0.05, 0) is 19.3 Å². The van der Waals surface area contributed by atoms with E-state index >= 15 is 0 Å². The van der Waals surface area contributed by atoms with Crippen molar-refractivity contribution in [2.75, 3.05) is 13.6 Å². The highest BCUT2D eigenvalue weighted by Crippen LogP contribution is 2.14. The van der Waals surface area contributed by atoms with E-state index in [4.69, 9.17) is 0 Å². The molecule has 6 nitrogen and oxygen atoms in total. The van der Waals surface area contributed by atoms with Crippen molar-refractivity contribution in [3.63, 3.8) is 0 Å². The summed E-state index contributed by atoms with van der Waals surface area (Å²) in [5.74, 6) is -0.239. The van der Waals surface area contributed by atoms with Crippen molar-refractivity contribution >= 4 is 17.7 Å². The topological polar surface area (TPSA) is 87.3 Å². The van der Waals surface area contributed by atoms with Crippen LogP contribution in [0.2, 0.25) is 0 Å². The van der Waals surface area contributed by atoms with Gasteiger partial charge in [0.2, 0.25) is 17.7 Å². The molecule has 0 rings (SSSR count). The summed E-state index contributed by atoms with van der Waals surface area (Å²) >= 11 is 0. The Morgan fingerprint density at radius 1 is 0.465 bits per heavy atom. The molecule has 0 heterocycles. The van der Waals surface area contributed by atoms with Gasteiger partial charge in [-0.2, -0.15) is 0 Å². The van der Waals surface area contributed by atoms with Gasteiger partial charge in [0.05, 0.1) is 0 Å². The number of carbonyl (C=O) groups is 3. The number of rotatable bonds is 33. The second kappa shape index (κ2) is 33.3. The lowest BCUT2D eigenvalue weighted by Crippen LogP contribution is -2.47. The molecule has 0 saturated carbocycles. The second-order valence-corrected chi connectivity index (χ2v) is 12.9. The number of hydrogen-bond acceptors (Lipinski definition) is 3. The van der Waals surface area contributed by atoms with E-state index in [1.54, 1.807) is 7.05 Å². The molecule has 0 aliphatic heterocycles. The summed E-state index contributed by atoms with van der Waals surface area (Å²) in [6.45, 7) is 4.93. The zero-order valence-electron chi connectivity index (χ0n) is 29.0. The van der Waals surface area contributed by atoms with E-state index in [0.29, 0.717) is 25.8 Å². The average Bonchev–Trinajstić information content (AvgIpc) is 3.00. The van der Waals surface area contributed by atoms with Gasteiger partial charge in [-0.3, -0.25) is 14.4 Å². The normalized spacial score (nSPS) is 11.8. The molecule has 0 spiro atoms. The summed E-state index contributed by atoms with van der Waals surface area (Å²) in [6, 6.07) is -0.601. The third kappa shape index (κ3) is 30.2. The van der Waals surface area contributed by atoms with E-state index < -0.39 is 6.04 Å². The van der Waals surface area contributed by atoms with Gasteiger partial charge in [0.25, 0.3) is 0 Å².